The van der Waals surface area contributed by atoms with Gasteiger partial charge in [0.05, 0.1) is 22.6 Å². The van der Waals surface area contributed by atoms with Gasteiger partial charge in [0.1, 0.15) is 4.90 Å². The van der Waals surface area contributed by atoms with E-state index in [4.69, 9.17) is 5.11 Å². The van der Waals surface area contributed by atoms with Crippen molar-refractivity contribution in [1.29, 1.82) is 0 Å². The molecule has 1 aromatic heterocycles. The number of nitrogens with zero attached hydrogens (tertiary/aromatic N) is 3. The monoisotopic (exact) mass is 351 g/mol. The molecule has 0 aliphatic carbocycles. The van der Waals surface area contributed by atoms with Crippen LogP contribution in [-0.4, -0.2) is 36.3 Å². The molecule has 7 nitrogen and oxygen atoms in total. The lowest BCUT2D eigenvalue weighted by Crippen LogP contribution is -2.28. The predicted octanol–water partition coefficient (Wildman–Crippen LogP) is 2.07. The minimum atomic E-state index is -3.79. The molecule has 0 atom stereocenters. The highest BCUT2D eigenvalue weighted by molar-refractivity contribution is 7.92. The molecular formula is C16H21N3O4S. The Hall–Kier alpha value is -2.35. The summed E-state index contributed by atoms with van der Waals surface area (Å²) in [6.07, 6.45) is 1.05. The van der Waals surface area contributed by atoms with Crippen LogP contribution in [0.3, 0.4) is 0 Å². The highest BCUT2D eigenvalue weighted by atomic mass is 32.2. The Bertz CT molecular complexity index is 854. The molecule has 2 aromatic rings. The smallest absolute Gasteiger partial charge is 0.335 e. The molecule has 0 spiro atoms. The summed E-state index contributed by atoms with van der Waals surface area (Å²) < 4.78 is 28.9. The third kappa shape index (κ3) is 3.01. The van der Waals surface area contributed by atoms with Gasteiger partial charge in [-0.3, -0.25) is 8.99 Å². The molecule has 0 unspecified atom stereocenters. The molecule has 0 radical (unpaired) electrons. The minimum absolute atomic E-state index is 0.106. The van der Waals surface area contributed by atoms with E-state index in [1.807, 2.05) is 13.8 Å². The Labute approximate surface area is 141 Å². The quantitative estimate of drug-likeness (QED) is 0.860. The molecule has 8 heteroatoms. The van der Waals surface area contributed by atoms with Crippen molar-refractivity contribution in [3.8, 4) is 0 Å². The lowest BCUT2D eigenvalue weighted by molar-refractivity contribution is 0.0697. The largest absolute Gasteiger partial charge is 0.478 e. The molecule has 0 fully saturated rings. The first-order valence-corrected chi connectivity index (χ1v) is 9.05. The first-order valence-electron chi connectivity index (χ1n) is 7.61. The van der Waals surface area contributed by atoms with E-state index in [0.717, 1.165) is 4.31 Å². The summed E-state index contributed by atoms with van der Waals surface area (Å²) in [6.45, 7) is 3.75. The molecule has 0 saturated carbocycles. The van der Waals surface area contributed by atoms with Gasteiger partial charge < -0.3 is 5.11 Å². The van der Waals surface area contributed by atoms with E-state index in [2.05, 4.69) is 5.10 Å². The van der Waals surface area contributed by atoms with Crippen LogP contribution >= 0.6 is 0 Å². The van der Waals surface area contributed by atoms with Gasteiger partial charge >= 0.3 is 5.97 Å². The summed E-state index contributed by atoms with van der Waals surface area (Å²) in [5, 5.41) is 13.3. The van der Waals surface area contributed by atoms with E-state index in [-0.39, 0.29) is 10.5 Å². The molecule has 1 heterocycles. The fourth-order valence-corrected chi connectivity index (χ4v) is 4.34. The zero-order valence-electron chi connectivity index (χ0n) is 14.1. The van der Waals surface area contributed by atoms with Crippen molar-refractivity contribution in [3.05, 3.63) is 41.2 Å². The minimum Gasteiger partial charge on any atom is -0.478 e. The third-order valence-electron chi connectivity index (χ3n) is 3.95. The number of carboxylic acid groups (broad SMARTS) is 1. The van der Waals surface area contributed by atoms with Gasteiger partial charge in [-0.2, -0.15) is 5.10 Å². The SMILES string of the molecule is CCc1nn(C)c(CC)c1S(=O)(=O)N(C)c1ccc(C(=O)O)cc1. The Morgan fingerprint density at radius 2 is 1.79 bits per heavy atom. The maximum Gasteiger partial charge on any atom is 0.335 e. The zero-order chi connectivity index (χ0) is 18.1. The van der Waals surface area contributed by atoms with Gasteiger partial charge in [-0.1, -0.05) is 13.8 Å². The third-order valence-corrected chi connectivity index (χ3v) is 5.87. The van der Waals surface area contributed by atoms with Crippen LogP contribution in [0.2, 0.25) is 0 Å². The molecule has 0 saturated heterocycles. The van der Waals surface area contributed by atoms with Gasteiger partial charge in [0.2, 0.25) is 0 Å². The van der Waals surface area contributed by atoms with Crippen LogP contribution in [0.15, 0.2) is 29.2 Å². The van der Waals surface area contributed by atoms with Crippen LogP contribution in [0.1, 0.15) is 35.6 Å². The summed E-state index contributed by atoms with van der Waals surface area (Å²) in [4.78, 5) is 11.2. The van der Waals surface area contributed by atoms with Gasteiger partial charge in [0.25, 0.3) is 10.0 Å². The van der Waals surface area contributed by atoms with Gasteiger partial charge in [-0.15, -0.1) is 0 Å². The summed E-state index contributed by atoms with van der Waals surface area (Å²) in [6, 6.07) is 5.73. The maximum atomic E-state index is 13.1. The van der Waals surface area contributed by atoms with Gasteiger partial charge in [0, 0.05) is 14.1 Å². The van der Waals surface area contributed by atoms with Crippen molar-refractivity contribution < 1.29 is 18.3 Å². The van der Waals surface area contributed by atoms with Crippen molar-refractivity contribution in [2.75, 3.05) is 11.4 Å². The Morgan fingerprint density at radius 3 is 2.25 bits per heavy atom. The average molecular weight is 351 g/mol. The second-order valence-corrected chi connectivity index (χ2v) is 7.28. The Balaban J connectivity index is 2.52. The molecule has 2 rings (SSSR count). The van der Waals surface area contributed by atoms with Crippen LogP contribution in [0.5, 0.6) is 0 Å². The molecule has 0 aliphatic rings. The number of anilines is 1. The van der Waals surface area contributed by atoms with Crippen molar-refractivity contribution in [1.82, 2.24) is 9.78 Å². The molecule has 24 heavy (non-hydrogen) atoms. The topological polar surface area (TPSA) is 92.5 Å². The summed E-state index contributed by atoms with van der Waals surface area (Å²) in [5.74, 6) is -1.05. The molecule has 1 aromatic carbocycles. The fourth-order valence-electron chi connectivity index (χ4n) is 2.61. The first kappa shape index (κ1) is 18.0. The average Bonchev–Trinajstić information content (AvgIpc) is 2.90. The normalized spacial score (nSPS) is 11.5. The van der Waals surface area contributed by atoms with Crippen LogP contribution < -0.4 is 4.31 Å². The number of aromatic nitrogens is 2. The fraction of sp³-hybridized carbons (Fsp3) is 0.375. The number of carbonyl (C=O) groups is 1. The molecule has 0 bridgehead atoms. The van der Waals surface area contributed by atoms with Crippen molar-refractivity contribution in [2.45, 2.75) is 31.6 Å². The van der Waals surface area contributed by atoms with Gasteiger partial charge in [-0.05, 0) is 37.1 Å². The van der Waals surface area contributed by atoms with Gasteiger partial charge in [-0.25, -0.2) is 13.2 Å². The summed E-state index contributed by atoms with van der Waals surface area (Å²) in [5.41, 5.74) is 1.69. The van der Waals surface area contributed by atoms with Crippen molar-refractivity contribution in [2.24, 2.45) is 7.05 Å². The highest BCUT2D eigenvalue weighted by Gasteiger charge is 2.30. The zero-order valence-corrected chi connectivity index (χ0v) is 15.0. The summed E-state index contributed by atoms with van der Waals surface area (Å²) >= 11 is 0. The first-order chi connectivity index (χ1) is 11.2. The number of rotatable bonds is 6. The predicted molar refractivity (Wildman–Crippen MR) is 91.0 cm³/mol. The number of hydrogen-bond acceptors (Lipinski definition) is 4. The lowest BCUT2D eigenvalue weighted by atomic mass is 10.2. The number of benzene rings is 1. The van der Waals surface area contributed by atoms with E-state index in [0.29, 0.717) is 29.9 Å². The molecule has 1 N–H and O–H groups in total. The molecule has 130 valence electrons. The molecule has 0 amide bonds. The number of hydrogen-bond donors (Lipinski definition) is 1. The standard InChI is InChI=1S/C16H21N3O4S/c1-5-13-15(14(6-2)18(3)17-13)24(22,23)19(4)12-9-7-11(8-10-12)16(20)21/h7-10H,5-6H2,1-4H3,(H,20,21). The van der Waals surface area contributed by atoms with Crippen molar-refractivity contribution in [3.63, 3.8) is 0 Å². The number of carboxylic acids is 1. The number of sulfonamides is 1. The van der Waals surface area contributed by atoms with E-state index in [1.165, 1.54) is 31.3 Å². The highest BCUT2D eigenvalue weighted by Crippen LogP contribution is 2.28. The lowest BCUT2D eigenvalue weighted by Gasteiger charge is -2.20. The van der Waals surface area contributed by atoms with E-state index < -0.39 is 16.0 Å². The second kappa shape index (κ2) is 6.64. The van der Waals surface area contributed by atoms with E-state index in [1.54, 1.807) is 11.7 Å². The Kier molecular flexibility index (Phi) is 4.98. The van der Waals surface area contributed by atoms with Crippen molar-refractivity contribution >= 4 is 21.7 Å². The number of aromatic carboxylic acids is 1. The Morgan fingerprint density at radius 1 is 1.21 bits per heavy atom. The number of aryl methyl sites for hydroxylation is 2. The molecule has 0 aliphatic heterocycles. The van der Waals surface area contributed by atoms with E-state index in [9.17, 15) is 13.2 Å². The summed E-state index contributed by atoms with van der Waals surface area (Å²) in [7, 11) is -0.597. The van der Waals surface area contributed by atoms with Crippen LogP contribution in [-0.2, 0) is 29.9 Å². The van der Waals surface area contributed by atoms with E-state index >= 15 is 0 Å². The van der Waals surface area contributed by atoms with Crippen LogP contribution in [0, 0.1) is 0 Å². The second-order valence-electron chi connectivity index (χ2n) is 5.38. The maximum absolute atomic E-state index is 13.1. The van der Waals surface area contributed by atoms with Crippen LogP contribution in [0.25, 0.3) is 0 Å². The van der Waals surface area contributed by atoms with Crippen LogP contribution in [0.4, 0.5) is 5.69 Å². The molecular weight excluding hydrogens is 330 g/mol. The van der Waals surface area contributed by atoms with Gasteiger partial charge in [0.15, 0.2) is 0 Å².